The Hall–Kier alpha value is -2.09. The lowest BCUT2D eigenvalue weighted by atomic mass is 10.0. The van der Waals surface area contributed by atoms with E-state index in [0.29, 0.717) is 22.9 Å². The average molecular weight is 435 g/mol. The van der Waals surface area contributed by atoms with Gasteiger partial charge in [0, 0.05) is 17.1 Å². The van der Waals surface area contributed by atoms with Gasteiger partial charge in [-0.05, 0) is 67.7 Å². The fourth-order valence-electron chi connectivity index (χ4n) is 3.63. The van der Waals surface area contributed by atoms with E-state index in [2.05, 4.69) is 34.7 Å². The summed E-state index contributed by atoms with van der Waals surface area (Å²) in [6.45, 7) is 6.17. The van der Waals surface area contributed by atoms with Gasteiger partial charge in [0.15, 0.2) is 5.03 Å². The summed E-state index contributed by atoms with van der Waals surface area (Å²) >= 11 is 0. The van der Waals surface area contributed by atoms with Crippen LogP contribution in [0.5, 0.6) is 0 Å². The zero-order valence-electron chi connectivity index (χ0n) is 16.6. The molecule has 4 rings (SSSR count). The predicted molar refractivity (Wildman–Crippen MR) is 119 cm³/mol. The first-order valence-electron chi connectivity index (χ1n) is 9.75. The molecule has 8 heteroatoms. The summed E-state index contributed by atoms with van der Waals surface area (Å²) in [4.78, 5) is 0.277. The molecule has 0 aliphatic carbocycles. The maximum Gasteiger partial charge on any atom is 0.223 e. The highest BCUT2D eigenvalue weighted by Gasteiger charge is 2.23. The highest BCUT2D eigenvalue weighted by Crippen LogP contribution is 2.29. The normalized spacial score (nSPS) is 15.4. The number of benzene rings is 2. The average Bonchev–Trinajstić information content (AvgIpc) is 3.13. The first kappa shape index (κ1) is 21.6. The van der Waals surface area contributed by atoms with Crippen molar-refractivity contribution in [3.63, 3.8) is 0 Å². The van der Waals surface area contributed by atoms with E-state index in [0.717, 1.165) is 37.2 Å². The van der Waals surface area contributed by atoms with Crippen molar-refractivity contribution in [2.45, 2.75) is 48.6 Å². The first-order valence-corrected chi connectivity index (χ1v) is 11.2. The molecule has 3 N–H and O–H groups in total. The molecule has 2 heterocycles. The summed E-state index contributed by atoms with van der Waals surface area (Å²) in [5.41, 5.74) is 2.68. The van der Waals surface area contributed by atoms with Gasteiger partial charge >= 0.3 is 0 Å². The third kappa shape index (κ3) is 4.42. The summed E-state index contributed by atoms with van der Waals surface area (Å²) < 4.78 is 26.4. The molecule has 1 aliphatic rings. The van der Waals surface area contributed by atoms with Crippen molar-refractivity contribution in [3.8, 4) is 0 Å². The van der Waals surface area contributed by atoms with Gasteiger partial charge in [0.1, 0.15) is 0 Å². The molecule has 6 nitrogen and oxygen atoms in total. The van der Waals surface area contributed by atoms with Gasteiger partial charge in [0.2, 0.25) is 9.84 Å². The van der Waals surface area contributed by atoms with E-state index in [1.165, 1.54) is 0 Å². The summed E-state index contributed by atoms with van der Waals surface area (Å²) in [5, 5.41) is 14.6. The molecular weight excluding hydrogens is 408 g/mol. The van der Waals surface area contributed by atoms with Gasteiger partial charge in [-0.2, -0.15) is 5.10 Å². The molecular formula is C21H27ClN4O2S. The Bertz CT molecular complexity index is 1070. The molecule has 1 aromatic heterocycles. The molecule has 0 bridgehead atoms. The summed E-state index contributed by atoms with van der Waals surface area (Å²) in [7, 11) is -3.67. The second-order valence-corrected chi connectivity index (χ2v) is 9.57. The summed E-state index contributed by atoms with van der Waals surface area (Å²) in [5.74, 6) is 0.355. The minimum Gasteiger partial charge on any atom is -0.382 e. The summed E-state index contributed by atoms with van der Waals surface area (Å²) in [6.07, 6.45) is 2.10. The number of aromatic nitrogens is 2. The van der Waals surface area contributed by atoms with E-state index in [9.17, 15) is 8.42 Å². The lowest BCUT2D eigenvalue weighted by Gasteiger charge is -2.24. The van der Waals surface area contributed by atoms with Crippen LogP contribution >= 0.6 is 12.4 Å². The number of hydrogen-bond donors (Lipinski definition) is 3. The number of sulfone groups is 1. The van der Waals surface area contributed by atoms with Crippen LogP contribution in [0.3, 0.4) is 0 Å². The van der Waals surface area contributed by atoms with Gasteiger partial charge in [-0.15, -0.1) is 12.4 Å². The molecule has 0 amide bonds. The third-order valence-corrected chi connectivity index (χ3v) is 7.10. The van der Waals surface area contributed by atoms with Gasteiger partial charge in [0.25, 0.3) is 0 Å². The molecule has 3 aromatic rings. The van der Waals surface area contributed by atoms with Crippen LogP contribution in [0.2, 0.25) is 0 Å². The highest BCUT2D eigenvalue weighted by molar-refractivity contribution is 7.91. The Morgan fingerprint density at radius 2 is 1.76 bits per heavy atom. The van der Waals surface area contributed by atoms with Crippen LogP contribution in [0.4, 0.5) is 5.69 Å². The Kier molecular flexibility index (Phi) is 6.51. The SMILES string of the molecule is CC(C)c1ccc(S(=O)(=O)c2[nH]nc3ccc(NC4CCNCC4)cc23)cc1.Cl. The van der Waals surface area contributed by atoms with Crippen molar-refractivity contribution in [1.29, 1.82) is 0 Å². The van der Waals surface area contributed by atoms with Crippen LogP contribution in [0.15, 0.2) is 52.4 Å². The van der Waals surface area contributed by atoms with E-state index in [1.54, 1.807) is 12.1 Å². The maximum absolute atomic E-state index is 13.2. The van der Waals surface area contributed by atoms with Crippen molar-refractivity contribution in [2.24, 2.45) is 0 Å². The van der Waals surface area contributed by atoms with E-state index < -0.39 is 9.84 Å². The molecule has 29 heavy (non-hydrogen) atoms. The van der Waals surface area contributed by atoms with E-state index >= 15 is 0 Å². The van der Waals surface area contributed by atoms with Gasteiger partial charge < -0.3 is 10.6 Å². The number of fused-ring (bicyclic) bond motifs is 1. The monoisotopic (exact) mass is 434 g/mol. The zero-order chi connectivity index (χ0) is 19.7. The number of aromatic amines is 1. The van der Waals surface area contributed by atoms with Crippen LogP contribution in [0, 0.1) is 0 Å². The van der Waals surface area contributed by atoms with Crippen molar-refractivity contribution in [2.75, 3.05) is 18.4 Å². The fraction of sp³-hybridized carbons (Fsp3) is 0.381. The Balaban J connectivity index is 0.00000240. The number of hydrogen-bond acceptors (Lipinski definition) is 5. The van der Waals surface area contributed by atoms with E-state index in [-0.39, 0.29) is 22.3 Å². The highest BCUT2D eigenvalue weighted by atomic mass is 35.5. The molecule has 156 valence electrons. The fourth-order valence-corrected chi connectivity index (χ4v) is 4.98. The number of H-pyrrole nitrogens is 1. The molecule has 0 radical (unpaired) electrons. The van der Waals surface area contributed by atoms with E-state index in [4.69, 9.17) is 0 Å². The van der Waals surface area contributed by atoms with Gasteiger partial charge in [0.05, 0.1) is 10.4 Å². The number of rotatable bonds is 5. The Morgan fingerprint density at radius 3 is 2.41 bits per heavy atom. The molecule has 0 saturated carbocycles. The van der Waals surface area contributed by atoms with Gasteiger partial charge in [-0.25, -0.2) is 8.42 Å². The quantitative estimate of drug-likeness (QED) is 0.562. The third-order valence-electron chi connectivity index (χ3n) is 5.35. The molecule has 1 fully saturated rings. The van der Waals surface area contributed by atoms with Crippen LogP contribution < -0.4 is 10.6 Å². The van der Waals surface area contributed by atoms with Gasteiger partial charge in [-0.3, -0.25) is 5.10 Å². The lowest BCUT2D eigenvalue weighted by Crippen LogP contribution is -2.35. The maximum atomic E-state index is 13.2. The minimum atomic E-state index is -3.67. The molecule has 1 aliphatic heterocycles. The number of halogens is 1. The van der Waals surface area contributed by atoms with Crippen LogP contribution in [0.25, 0.3) is 10.9 Å². The van der Waals surface area contributed by atoms with Crippen LogP contribution in [-0.2, 0) is 9.84 Å². The molecule has 1 saturated heterocycles. The molecule has 0 atom stereocenters. The van der Waals surface area contributed by atoms with Crippen LogP contribution in [-0.4, -0.2) is 37.7 Å². The Morgan fingerprint density at radius 1 is 1.07 bits per heavy atom. The van der Waals surface area contributed by atoms with E-state index in [1.807, 2.05) is 30.3 Å². The first-order chi connectivity index (χ1) is 13.4. The number of nitrogens with zero attached hydrogens (tertiary/aromatic N) is 1. The molecule has 0 spiro atoms. The standard InChI is InChI=1S/C21H26N4O2S.ClH/c1-14(2)15-3-6-18(7-4-15)28(26,27)21-19-13-17(5-8-20(19)24-25-21)23-16-9-11-22-12-10-16;/h3-8,13-14,16,22-23H,9-12H2,1-2H3,(H,24,25);1H. The van der Waals surface area contributed by atoms with Crippen molar-refractivity contribution >= 4 is 38.8 Å². The molecule has 2 aromatic carbocycles. The Labute approximate surface area is 177 Å². The van der Waals surface area contributed by atoms with Crippen molar-refractivity contribution in [1.82, 2.24) is 15.5 Å². The number of nitrogens with one attached hydrogen (secondary N) is 3. The smallest absolute Gasteiger partial charge is 0.223 e. The molecule has 0 unspecified atom stereocenters. The van der Waals surface area contributed by atoms with Gasteiger partial charge in [-0.1, -0.05) is 26.0 Å². The number of anilines is 1. The zero-order valence-corrected chi connectivity index (χ0v) is 18.2. The summed E-state index contributed by atoms with van der Waals surface area (Å²) in [6, 6.07) is 13.2. The second kappa shape index (κ2) is 8.73. The lowest BCUT2D eigenvalue weighted by molar-refractivity contribution is 0.479. The topological polar surface area (TPSA) is 86.9 Å². The van der Waals surface area contributed by atoms with Crippen molar-refractivity contribution < 1.29 is 8.42 Å². The predicted octanol–water partition coefficient (Wildman–Crippen LogP) is 4.10. The second-order valence-electron chi connectivity index (χ2n) is 7.68. The largest absolute Gasteiger partial charge is 0.382 e. The van der Waals surface area contributed by atoms with Crippen LogP contribution in [0.1, 0.15) is 38.2 Å². The van der Waals surface area contributed by atoms with Crippen molar-refractivity contribution in [3.05, 3.63) is 48.0 Å². The minimum absolute atomic E-state index is 0. The number of piperidine rings is 1.